The third-order valence-electron chi connectivity index (χ3n) is 2.90. The van der Waals surface area contributed by atoms with Gasteiger partial charge in [0.05, 0.1) is 6.61 Å². The Morgan fingerprint density at radius 3 is 2.75 bits per heavy atom. The lowest BCUT2D eigenvalue weighted by Gasteiger charge is -2.18. The van der Waals surface area contributed by atoms with Gasteiger partial charge in [-0.3, -0.25) is 4.79 Å². The minimum Gasteiger partial charge on any atom is -0.493 e. The summed E-state index contributed by atoms with van der Waals surface area (Å²) in [5.74, 6) is 0.727. The van der Waals surface area contributed by atoms with Crippen molar-refractivity contribution < 1.29 is 14.6 Å². The second kappa shape index (κ2) is 9.15. The summed E-state index contributed by atoms with van der Waals surface area (Å²) < 4.78 is 5.51. The first-order chi connectivity index (χ1) is 9.72. The summed E-state index contributed by atoms with van der Waals surface area (Å²) >= 11 is 0. The summed E-state index contributed by atoms with van der Waals surface area (Å²) in [7, 11) is 0. The van der Waals surface area contributed by atoms with E-state index in [1.165, 1.54) is 0 Å². The van der Waals surface area contributed by atoms with Crippen molar-refractivity contribution in [1.29, 1.82) is 0 Å². The number of carbonyl (C=O) groups is 1. The summed E-state index contributed by atoms with van der Waals surface area (Å²) in [6, 6.07) is 7.62. The van der Waals surface area contributed by atoms with E-state index in [9.17, 15) is 4.79 Å². The number of nitrogens with zero attached hydrogens (tertiary/aromatic N) is 1. The van der Waals surface area contributed by atoms with Crippen LogP contribution < -0.4 is 4.74 Å². The van der Waals surface area contributed by atoms with E-state index < -0.39 is 0 Å². The van der Waals surface area contributed by atoms with E-state index in [-0.39, 0.29) is 12.5 Å². The molecule has 1 aromatic carbocycles. The second-order valence-electron chi connectivity index (χ2n) is 4.30. The van der Waals surface area contributed by atoms with E-state index in [0.717, 1.165) is 11.3 Å². The average molecular weight is 277 g/mol. The van der Waals surface area contributed by atoms with Crippen LogP contribution in [0.1, 0.15) is 25.8 Å². The molecular weight excluding hydrogens is 254 g/mol. The van der Waals surface area contributed by atoms with E-state index in [0.29, 0.717) is 26.1 Å². The van der Waals surface area contributed by atoms with Crippen molar-refractivity contribution in [3.63, 3.8) is 0 Å². The Kier molecular flexibility index (Phi) is 7.43. The maximum absolute atomic E-state index is 12.0. The smallest absolute Gasteiger partial charge is 0.246 e. The van der Waals surface area contributed by atoms with Crippen molar-refractivity contribution in [2.45, 2.75) is 20.3 Å². The maximum Gasteiger partial charge on any atom is 0.246 e. The fraction of sp³-hybridized carbons (Fsp3) is 0.438. The van der Waals surface area contributed by atoms with Crippen LogP contribution in [0.2, 0.25) is 0 Å². The molecule has 0 heterocycles. The average Bonchev–Trinajstić information content (AvgIpc) is 2.47. The van der Waals surface area contributed by atoms with Crippen LogP contribution >= 0.6 is 0 Å². The first-order valence-corrected chi connectivity index (χ1v) is 7.02. The first kappa shape index (κ1) is 16.2. The normalized spacial score (nSPS) is 10.8. The molecule has 4 nitrogen and oxygen atoms in total. The molecular formula is C16H23NO3. The van der Waals surface area contributed by atoms with Crippen LogP contribution in [0.5, 0.6) is 5.75 Å². The zero-order valence-electron chi connectivity index (χ0n) is 12.2. The predicted octanol–water partition coefficient (Wildman–Crippen LogP) is 2.33. The molecule has 0 aliphatic rings. The lowest BCUT2D eigenvalue weighted by Crippen LogP contribution is -2.30. The minimum absolute atomic E-state index is 0.0488. The summed E-state index contributed by atoms with van der Waals surface area (Å²) in [6.07, 6.45) is 3.93. The third-order valence-corrected chi connectivity index (χ3v) is 2.90. The van der Waals surface area contributed by atoms with Gasteiger partial charge in [0, 0.05) is 31.3 Å². The summed E-state index contributed by atoms with van der Waals surface area (Å²) in [4.78, 5) is 13.7. The van der Waals surface area contributed by atoms with Crippen molar-refractivity contribution in [3.05, 3.63) is 35.9 Å². The van der Waals surface area contributed by atoms with Crippen LogP contribution in [0.15, 0.2) is 30.3 Å². The Hall–Kier alpha value is -1.81. The van der Waals surface area contributed by atoms with E-state index in [1.54, 1.807) is 17.1 Å². The lowest BCUT2D eigenvalue weighted by molar-refractivity contribution is -0.125. The second-order valence-corrected chi connectivity index (χ2v) is 4.30. The Bertz CT molecular complexity index is 443. The van der Waals surface area contributed by atoms with Crippen LogP contribution in [0, 0.1) is 0 Å². The van der Waals surface area contributed by atoms with Gasteiger partial charge in [-0.05, 0) is 32.4 Å². The van der Waals surface area contributed by atoms with Gasteiger partial charge in [-0.25, -0.2) is 0 Å². The summed E-state index contributed by atoms with van der Waals surface area (Å²) in [5, 5.41) is 8.82. The van der Waals surface area contributed by atoms with Crippen molar-refractivity contribution in [2.75, 3.05) is 26.3 Å². The molecule has 1 N–H and O–H groups in total. The fourth-order valence-electron chi connectivity index (χ4n) is 1.86. The van der Waals surface area contributed by atoms with Gasteiger partial charge >= 0.3 is 0 Å². The zero-order chi connectivity index (χ0) is 14.8. The highest BCUT2D eigenvalue weighted by Crippen LogP contribution is 2.19. The lowest BCUT2D eigenvalue weighted by atomic mass is 10.2. The Labute approximate surface area is 120 Å². The Morgan fingerprint density at radius 1 is 1.35 bits per heavy atom. The van der Waals surface area contributed by atoms with Gasteiger partial charge in [0.15, 0.2) is 0 Å². The van der Waals surface area contributed by atoms with Gasteiger partial charge in [-0.15, -0.1) is 0 Å². The summed E-state index contributed by atoms with van der Waals surface area (Å²) in [5.41, 5.74) is 0.890. The molecule has 20 heavy (non-hydrogen) atoms. The molecule has 0 atom stereocenters. The van der Waals surface area contributed by atoms with Crippen molar-refractivity contribution in [3.8, 4) is 5.75 Å². The number of aliphatic hydroxyl groups is 1. The number of hydrogen-bond donors (Lipinski definition) is 1. The molecule has 0 fully saturated rings. The molecule has 0 saturated heterocycles. The number of ether oxygens (including phenoxy) is 1. The molecule has 0 spiro atoms. The van der Waals surface area contributed by atoms with E-state index >= 15 is 0 Å². The van der Waals surface area contributed by atoms with Crippen molar-refractivity contribution >= 4 is 12.0 Å². The maximum atomic E-state index is 12.0. The molecule has 1 amide bonds. The molecule has 1 rings (SSSR count). The number of benzene rings is 1. The van der Waals surface area contributed by atoms with Crippen molar-refractivity contribution in [1.82, 2.24) is 4.90 Å². The largest absolute Gasteiger partial charge is 0.493 e. The van der Waals surface area contributed by atoms with Gasteiger partial charge in [0.1, 0.15) is 5.75 Å². The fourth-order valence-corrected chi connectivity index (χ4v) is 1.86. The van der Waals surface area contributed by atoms with Gasteiger partial charge in [-0.2, -0.15) is 0 Å². The molecule has 0 unspecified atom stereocenters. The minimum atomic E-state index is -0.0488. The molecule has 0 aliphatic carbocycles. The molecule has 4 heteroatoms. The van der Waals surface area contributed by atoms with Crippen LogP contribution in [0.25, 0.3) is 6.08 Å². The van der Waals surface area contributed by atoms with E-state index in [2.05, 4.69) is 0 Å². The number of aliphatic hydroxyl groups excluding tert-OH is 1. The highest BCUT2D eigenvalue weighted by Gasteiger charge is 2.07. The number of hydrogen-bond acceptors (Lipinski definition) is 3. The molecule has 0 saturated carbocycles. The van der Waals surface area contributed by atoms with E-state index in [1.807, 2.05) is 38.1 Å². The van der Waals surface area contributed by atoms with E-state index in [4.69, 9.17) is 9.84 Å². The SMILES string of the molecule is CCOc1ccccc1/C=C/C(=O)N(CC)CCCO. The number of para-hydroxylation sites is 1. The zero-order valence-corrected chi connectivity index (χ0v) is 12.2. The molecule has 0 aliphatic heterocycles. The van der Waals surface area contributed by atoms with Gasteiger partial charge < -0.3 is 14.7 Å². The summed E-state index contributed by atoms with van der Waals surface area (Å²) in [6.45, 7) is 5.76. The standard InChI is InChI=1S/C16H23NO3/c1-3-17(12-7-13-18)16(19)11-10-14-8-5-6-9-15(14)20-4-2/h5-6,8-11,18H,3-4,7,12-13H2,1-2H3/b11-10+. The number of rotatable bonds is 8. The highest BCUT2D eigenvalue weighted by atomic mass is 16.5. The van der Waals surface area contributed by atoms with Gasteiger partial charge in [0.25, 0.3) is 0 Å². The van der Waals surface area contributed by atoms with Crippen LogP contribution in [0.4, 0.5) is 0 Å². The van der Waals surface area contributed by atoms with Gasteiger partial charge in [0.2, 0.25) is 5.91 Å². The topological polar surface area (TPSA) is 49.8 Å². The molecule has 0 bridgehead atoms. The molecule has 0 aromatic heterocycles. The Morgan fingerprint density at radius 2 is 2.10 bits per heavy atom. The van der Waals surface area contributed by atoms with Crippen LogP contribution in [-0.2, 0) is 4.79 Å². The molecule has 110 valence electrons. The monoisotopic (exact) mass is 277 g/mol. The van der Waals surface area contributed by atoms with Crippen LogP contribution in [-0.4, -0.2) is 42.2 Å². The number of amides is 1. The molecule has 0 radical (unpaired) electrons. The Balaban J connectivity index is 2.73. The number of carbonyl (C=O) groups excluding carboxylic acids is 1. The third kappa shape index (κ3) is 5.05. The quantitative estimate of drug-likeness (QED) is 0.742. The molecule has 1 aromatic rings. The number of likely N-dealkylation sites (N-methyl/N-ethyl adjacent to an activating group) is 1. The highest BCUT2D eigenvalue weighted by molar-refractivity contribution is 5.92. The van der Waals surface area contributed by atoms with Gasteiger partial charge in [-0.1, -0.05) is 18.2 Å². The van der Waals surface area contributed by atoms with Crippen LogP contribution in [0.3, 0.4) is 0 Å². The first-order valence-electron chi connectivity index (χ1n) is 7.02. The predicted molar refractivity (Wildman–Crippen MR) is 80.6 cm³/mol. The van der Waals surface area contributed by atoms with Crippen molar-refractivity contribution in [2.24, 2.45) is 0 Å².